The third kappa shape index (κ3) is 3.76. The number of hydrogen-bond donors (Lipinski definition) is 2. The summed E-state index contributed by atoms with van der Waals surface area (Å²) >= 11 is 0. The number of rotatable bonds is 5. The third-order valence-corrected chi connectivity index (χ3v) is 3.22. The highest BCUT2D eigenvalue weighted by Crippen LogP contribution is 2.19. The molecule has 0 radical (unpaired) electrons. The minimum absolute atomic E-state index is 0.169. The Balaban J connectivity index is 3.04. The summed E-state index contributed by atoms with van der Waals surface area (Å²) in [5.74, 6) is -4.77. The summed E-state index contributed by atoms with van der Waals surface area (Å²) in [6.45, 7) is 6.11. The minimum Gasteiger partial charge on any atom is -0.478 e. The molecule has 0 aliphatic rings. The summed E-state index contributed by atoms with van der Waals surface area (Å²) in [6.07, 6.45) is 0.802. The van der Waals surface area contributed by atoms with Crippen LogP contribution in [0.15, 0.2) is 12.1 Å². The van der Waals surface area contributed by atoms with Crippen LogP contribution in [0.5, 0.6) is 0 Å². The molecular formula is C14H17F2NO3. The van der Waals surface area contributed by atoms with Gasteiger partial charge in [-0.1, -0.05) is 20.8 Å². The van der Waals surface area contributed by atoms with Gasteiger partial charge in [0.1, 0.15) is 0 Å². The lowest BCUT2D eigenvalue weighted by molar-refractivity contribution is 0.0690. The first-order chi connectivity index (χ1) is 9.18. The molecule has 0 saturated carbocycles. The zero-order valence-corrected chi connectivity index (χ0v) is 11.6. The standard InChI is InChI=1S/C14H17F2NO3/c1-4-14(2,3)7-17-12(18)8-5-10(15)11(16)6-9(8)13(19)20/h5-6H,4,7H2,1-3H3,(H,17,18)(H,19,20). The van der Waals surface area contributed by atoms with E-state index in [2.05, 4.69) is 5.32 Å². The van der Waals surface area contributed by atoms with Crippen LogP contribution in [-0.4, -0.2) is 23.5 Å². The average Bonchev–Trinajstić information content (AvgIpc) is 2.38. The molecule has 110 valence electrons. The lowest BCUT2D eigenvalue weighted by Gasteiger charge is -2.23. The molecule has 4 nitrogen and oxygen atoms in total. The van der Waals surface area contributed by atoms with Crippen molar-refractivity contribution in [1.29, 1.82) is 0 Å². The summed E-state index contributed by atoms with van der Waals surface area (Å²) in [7, 11) is 0. The van der Waals surface area contributed by atoms with Crippen LogP contribution in [-0.2, 0) is 0 Å². The van der Waals surface area contributed by atoms with Gasteiger partial charge in [0.25, 0.3) is 5.91 Å². The molecule has 0 fully saturated rings. The second-order valence-corrected chi connectivity index (χ2v) is 5.32. The zero-order chi connectivity index (χ0) is 15.5. The second-order valence-electron chi connectivity index (χ2n) is 5.32. The van der Waals surface area contributed by atoms with Crippen molar-refractivity contribution in [3.8, 4) is 0 Å². The van der Waals surface area contributed by atoms with E-state index in [4.69, 9.17) is 5.11 Å². The van der Waals surface area contributed by atoms with Gasteiger partial charge in [-0.05, 0) is 24.0 Å². The molecular weight excluding hydrogens is 268 g/mol. The summed E-state index contributed by atoms with van der Waals surface area (Å²) in [6, 6.07) is 1.12. The second kappa shape index (κ2) is 5.98. The number of halogens is 2. The largest absolute Gasteiger partial charge is 0.478 e. The molecule has 0 heterocycles. The number of amides is 1. The number of carbonyl (C=O) groups is 2. The Hall–Kier alpha value is -1.98. The van der Waals surface area contributed by atoms with Crippen LogP contribution in [0.4, 0.5) is 8.78 Å². The molecule has 0 aromatic heterocycles. The van der Waals surface area contributed by atoms with E-state index in [-0.39, 0.29) is 11.0 Å². The van der Waals surface area contributed by atoms with E-state index in [9.17, 15) is 18.4 Å². The van der Waals surface area contributed by atoms with Crippen molar-refractivity contribution in [2.75, 3.05) is 6.54 Å². The van der Waals surface area contributed by atoms with Crippen LogP contribution < -0.4 is 5.32 Å². The highest BCUT2D eigenvalue weighted by molar-refractivity contribution is 6.04. The predicted molar refractivity (Wildman–Crippen MR) is 69.7 cm³/mol. The van der Waals surface area contributed by atoms with Crippen LogP contribution in [0.1, 0.15) is 47.9 Å². The molecule has 1 aromatic carbocycles. The van der Waals surface area contributed by atoms with Crippen LogP contribution in [0, 0.1) is 17.0 Å². The minimum atomic E-state index is -1.48. The highest BCUT2D eigenvalue weighted by Gasteiger charge is 2.22. The highest BCUT2D eigenvalue weighted by atomic mass is 19.2. The molecule has 0 atom stereocenters. The molecule has 1 amide bonds. The van der Waals surface area contributed by atoms with Crippen LogP contribution in [0.25, 0.3) is 0 Å². The van der Waals surface area contributed by atoms with E-state index < -0.39 is 29.1 Å². The smallest absolute Gasteiger partial charge is 0.336 e. The molecule has 20 heavy (non-hydrogen) atoms. The van der Waals surface area contributed by atoms with E-state index in [1.165, 1.54) is 0 Å². The van der Waals surface area contributed by atoms with Gasteiger partial charge in [0, 0.05) is 6.54 Å². The summed E-state index contributed by atoms with van der Waals surface area (Å²) < 4.78 is 26.2. The van der Waals surface area contributed by atoms with Crippen molar-refractivity contribution in [1.82, 2.24) is 5.32 Å². The number of nitrogens with one attached hydrogen (secondary N) is 1. The number of carboxylic acids is 1. The van der Waals surface area contributed by atoms with E-state index in [1.54, 1.807) is 0 Å². The Morgan fingerprint density at radius 1 is 1.20 bits per heavy atom. The van der Waals surface area contributed by atoms with Gasteiger partial charge in [0.2, 0.25) is 0 Å². The molecule has 0 aliphatic carbocycles. The van der Waals surface area contributed by atoms with Gasteiger partial charge in [0.05, 0.1) is 11.1 Å². The number of carbonyl (C=O) groups excluding carboxylic acids is 1. The molecule has 1 rings (SSSR count). The van der Waals surface area contributed by atoms with Gasteiger partial charge in [0.15, 0.2) is 11.6 Å². The monoisotopic (exact) mass is 285 g/mol. The SMILES string of the molecule is CCC(C)(C)CNC(=O)c1cc(F)c(F)cc1C(=O)O. The van der Waals surface area contributed by atoms with Gasteiger partial charge < -0.3 is 10.4 Å². The summed E-state index contributed by atoms with van der Waals surface area (Å²) in [4.78, 5) is 22.9. The number of carboxylic acid groups (broad SMARTS) is 1. The first-order valence-electron chi connectivity index (χ1n) is 6.18. The van der Waals surface area contributed by atoms with Crippen LogP contribution >= 0.6 is 0 Å². The number of aromatic carboxylic acids is 1. The van der Waals surface area contributed by atoms with Gasteiger partial charge in [-0.25, -0.2) is 13.6 Å². The van der Waals surface area contributed by atoms with Crippen molar-refractivity contribution in [3.05, 3.63) is 34.9 Å². The van der Waals surface area contributed by atoms with Crippen molar-refractivity contribution < 1.29 is 23.5 Å². The normalized spacial score (nSPS) is 11.2. The Morgan fingerprint density at radius 3 is 2.15 bits per heavy atom. The Bertz CT molecular complexity index is 541. The summed E-state index contributed by atoms with van der Waals surface area (Å²) in [5, 5.41) is 11.5. The maximum Gasteiger partial charge on any atom is 0.336 e. The van der Waals surface area contributed by atoms with Crippen molar-refractivity contribution in [3.63, 3.8) is 0 Å². The topological polar surface area (TPSA) is 66.4 Å². The fourth-order valence-corrected chi connectivity index (χ4v) is 1.45. The van der Waals surface area contributed by atoms with Gasteiger partial charge in [-0.3, -0.25) is 4.79 Å². The van der Waals surface area contributed by atoms with E-state index in [0.717, 1.165) is 6.42 Å². The Labute approximate surface area is 115 Å². The predicted octanol–water partition coefficient (Wildman–Crippen LogP) is 2.83. The lowest BCUT2D eigenvalue weighted by atomic mass is 9.90. The molecule has 1 aromatic rings. The Kier molecular flexibility index (Phi) is 4.81. The lowest BCUT2D eigenvalue weighted by Crippen LogP contribution is -2.34. The molecule has 0 aliphatic heterocycles. The zero-order valence-electron chi connectivity index (χ0n) is 11.6. The van der Waals surface area contributed by atoms with Gasteiger partial charge in [-0.2, -0.15) is 0 Å². The Morgan fingerprint density at radius 2 is 1.70 bits per heavy atom. The van der Waals surface area contributed by atoms with Gasteiger partial charge in [-0.15, -0.1) is 0 Å². The fourth-order valence-electron chi connectivity index (χ4n) is 1.45. The first kappa shape index (κ1) is 16.1. The quantitative estimate of drug-likeness (QED) is 0.874. The van der Waals surface area contributed by atoms with Crippen molar-refractivity contribution in [2.24, 2.45) is 5.41 Å². The van der Waals surface area contributed by atoms with Gasteiger partial charge >= 0.3 is 5.97 Å². The van der Waals surface area contributed by atoms with Crippen LogP contribution in [0.2, 0.25) is 0 Å². The van der Waals surface area contributed by atoms with E-state index >= 15 is 0 Å². The first-order valence-corrected chi connectivity index (χ1v) is 6.18. The van der Waals surface area contributed by atoms with Crippen molar-refractivity contribution >= 4 is 11.9 Å². The number of benzene rings is 1. The number of hydrogen-bond acceptors (Lipinski definition) is 2. The maximum atomic E-state index is 13.2. The molecule has 2 N–H and O–H groups in total. The molecule has 6 heteroatoms. The van der Waals surface area contributed by atoms with Crippen LogP contribution in [0.3, 0.4) is 0 Å². The summed E-state index contributed by atoms with van der Waals surface area (Å²) in [5.41, 5.74) is -1.11. The van der Waals surface area contributed by atoms with E-state index in [0.29, 0.717) is 18.7 Å². The maximum absolute atomic E-state index is 13.2. The molecule has 0 spiro atoms. The average molecular weight is 285 g/mol. The van der Waals surface area contributed by atoms with Crippen molar-refractivity contribution in [2.45, 2.75) is 27.2 Å². The fraction of sp³-hybridized carbons (Fsp3) is 0.429. The molecule has 0 bridgehead atoms. The molecule has 0 saturated heterocycles. The molecule has 0 unspecified atom stereocenters. The van der Waals surface area contributed by atoms with E-state index in [1.807, 2.05) is 20.8 Å². The third-order valence-electron chi connectivity index (χ3n) is 3.22.